The van der Waals surface area contributed by atoms with E-state index < -0.39 is 12.1 Å². The van der Waals surface area contributed by atoms with Crippen molar-refractivity contribution in [2.75, 3.05) is 24.8 Å². The van der Waals surface area contributed by atoms with Crippen LogP contribution >= 0.6 is 0 Å². The van der Waals surface area contributed by atoms with Crippen molar-refractivity contribution in [2.45, 2.75) is 44.4 Å². The smallest absolute Gasteiger partial charge is 0.274 e. The minimum absolute atomic E-state index is 0.191. The molecule has 33 heavy (non-hydrogen) atoms. The van der Waals surface area contributed by atoms with Crippen molar-refractivity contribution in [3.05, 3.63) is 46.5 Å². The SMILES string of the molecule is CNc1cc(Nc2cccn(C)c2=O)nc2c(C(N)=O)cnn12.COC1CCC1.FC1CC1. The van der Waals surface area contributed by atoms with E-state index in [-0.39, 0.29) is 11.1 Å². The highest BCUT2D eigenvalue weighted by Crippen LogP contribution is 2.22. The first-order chi connectivity index (χ1) is 15.8. The Morgan fingerprint density at radius 3 is 2.48 bits per heavy atom. The third-order valence-electron chi connectivity index (χ3n) is 5.27. The van der Waals surface area contributed by atoms with Gasteiger partial charge in [-0.25, -0.2) is 9.37 Å². The maximum absolute atomic E-state index is 12.1. The first-order valence-corrected chi connectivity index (χ1v) is 10.8. The Morgan fingerprint density at radius 1 is 1.30 bits per heavy atom. The van der Waals surface area contributed by atoms with Gasteiger partial charge in [0.15, 0.2) is 5.65 Å². The van der Waals surface area contributed by atoms with E-state index in [1.807, 2.05) is 0 Å². The van der Waals surface area contributed by atoms with E-state index in [0.717, 1.165) is 12.8 Å². The van der Waals surface area contributed by atoms with Gasteiger partial charge >= 0.3 is 0 Å². The molecular weight excluding hydrogens is 429 g/mol. The second kappa shape index (κ2) is 10.9. The molecule has 0 atom stereocenters. The molecule has 2 fully saturated rings. The van der Waals surface area contributed by atoms with Crippen LogP contribution in [0.15, 0.2) is 35.4 Å². The summed E-state index contributed by atoms with van der Waals surface area (Å²) in [5, 5.41) is 10.0. The zero-order valence-electron chi connectivity index (χ0n) is 19.0. The Morgan fingerprint density at radius 2 is 2.00 bits per heavy atom. The van der Waals surface area contributed by atoms with Gasteiger partial charge in [-0.15, -0.1) is 0 Å². The van der Waals surface area contributed by atoms with Gasteiger partial charge in [-0.05, 0) is 44.2 Å². The number of fused-ring (bicyclic) bond motifs is 1. The summed E-state index contributed by atoms with van der Waals surface area (Å²) in [5.41, 5.74) is 6.02. The van der Waals surface area contributed by atoms with Crippen LogP contribution in [0.5, 0.6) is 0 Å². The van der Waals surface area contributed by atoms with Gasteiger partial charge in [0.2, 0.25) is 0 Å². The molecule has 178 valence electrons. The molecule has 10 nitrogen and oxygen atoms in total. The Kier molecular flexibility index (Phi) is 7.99. The number of methoxy groups -OCH3 is 1. The molecule has 5 rings (SSSR count). The largest absolute Gasteiger partial charge is 0.381 e. The molecule has 11 heteroatoms. The maximum atomic E-state index is 12.1. The number of alkyl halides is 1. The van der Waals surface area contributed by atoms with E-state index in [0.29, 0.717) is 29.1 Å². The summed E-state index contributed by atoms with van der Waals surface area (Å²) in [7, 11) is 5.15. The van der Waals surface area contributed by atoms with E-state index in [9.17, 15) is 14.0 Å². The van der Waals surface area contributed by atoms with Gasteiger partial charge < -0.3 is 25.7 Å². The molecule has 2 aliphatic rings. The lowest BCUT2D eigenvalue weighted by Gasteiger charge is -2.22. The van der Waals surface area contributed by atoms with Gasteiger partial charge in [-0.1, -0.05) is 0 Å². The lowest BCUT2D eigenvalue weighted by molar-refractivity contribution is 0.0412. The van der Waals surface area contributed by atoms with Crippen molar-refractivity contribution in [1.29, 1.82) is 0 Å². The van der Waals surface area contributed by atoms with Crippen LogP contribution in [0.2, 0.25) is 0 Å². The van der Waals surface area contributed by atoms with E-state index >= 15 is 0 Å². The standard InChI is InChI=1S/C14H15N7O2.C5H10O.C3H5F/c1-16-11-6-10(18-9-4-3-5-20(2)14(9)23)19-13-8(12(15)22)7-17-21(11)13;1-6-5-3-2-4-5;4-3-1-2-3/h3-7,16H,1-2H3,(H2,15,22)(H,18,19);5H,2-4H2,1H3;3H,1-2H2. The molecule has 0 spiro atoms. The predicted molar refractivity (Wildman–Crippen MR) is 125 cm³/mol. The van der Waals surface area contributed by atoms with Crippen LogP contribution in [0.25, 0.3) is 5.65 Å². The number of nitrogens with one attached hydrogen (secondary N) is 2. The second-order valence-electron chi connectivity index (χ2n) is 7.86. The Hall–Kier alpha value is -3.47. The molecule has 0 unspecified atom stereocenters. The first-order valence-electron chi connectivity index (χ1n) is 10.8. The number of rotatable bonds is 5. The molecule has 3 aromatic heterocycles. The number of halogens is 1. The van der Waals surface area contributed by atoms with Gasteiger partial charge in [0.1, 0.15) is 29.1 Å². The van der Waals surface area contributed by atoms with Crippen LogP contribution in [-0.4, -0.2) is 51.5 Å². The van der Waals surface area contributed by atoms with Crippen LogP contribution in [-0.2, 0) is 11.8 Å². The number of anilines is 3. The van der Waals surface area contributed by atoms with Crippen LogP contribution in [0.1, 0.15) is 42.5 Å². The summed E-state index contributed by atoms with van der Waals surface area (Å²) in [6.07, 6.45) is 8.80. The number of amides is 1. The fraction of sp³-hybridized carbons (Fsp3) is 0.455. The van der Waals surface area contributed by atoms with Crippen molar-refractivity contribution in [2.24, 2.45) is 12.8 Å². The topological polar surface area (TPSA) is 129 Å². The third kappa shape index (κ3) is 6.28. The number of ether oxygens (including phenoxy) is 1. The van der Waals surface area contributed by atoms with Crippen molar-refractivity contribution in [3.8, 4) is 0 Å². The van der Waals surface area contributed by atoms with Gasteiger partial charge in [-0.3, -0.25) is 9.59 Å². The number of primary amides is 1. The molecule has 0 aromatic carbocycles. The van der Waals surface area contributed by atoms with Gasteiger partial charge in [0, 0.05) is 33.5 Å². The lowest BCUT2D eigenvalue weighted by Crippen LogP contribution is -2.19. The third-order valence-corrected chi connectivity index (χ3v) is 5.27. The molecule has 3 aromatic rings. The molecule has 0 radical (unpaired) electrons. The molecule has 4 N–H and O–H groups in total. The monoisotopic (exact) mass is 459 g/mol. The number of aryl methyl sites for hydroxylation is 1. The van der Waals surface area contributed by atoms with Gasteiger partial charge in [0.05, 0.1) is 12.3 Å². The second-order valence-corrected chi connectivity index (χ2v) is 7.86. The molecule has 0 bridgehead atoms. The summed E-state index contributed by atoms with van der Waals surface area (Å²) in [6.45, 7) is 0. The fourth-order valence-corrected chi connectivity index (χ4v) is 2.88. The van der Waals surface area contributed by atoms with Gasteiger partial charge in [-0.2, -0.15) is 9.61 Å². The summed E-state index contributed by atoms with van der Waals surface area (Å²) in [6, 6.07) is 5.07. The summed E-state index contributed by atoms with van der Waals surface area (Å²) in [5.74, 6) is 0.369. The van der Waals surface area contributed by atoms with Crippen molar-refractivity contribution < 1.29 is 13.9 Å². The quantitative estimate of drug-likeness (QED) is 0.535. The Balaban J connectivity index is 0.000000250. The van der Waals surface area contributed by atoms with Crippen molar-refractivity contribution >= 4 is 28.9 Å². The highest BCUT2D eigenvalue weighted by molar-refractivity contribution is 5.98. The molecule has 0 saturated heterocycles. The summed E-state index contributed by atoms with van der Waals surface area (Å²) in [4.78, 5) is 27.9. The van der Waals surface area contributed by atoms with Crippen LogP contribution in [0.3, 0.4) is 0 Å². The van der Waals surface area contributed by atoms with Crippen LogP contribution in [0.4, 0.5) is 21.7 Å². The van der Waals surface area contributed by atoms with E-state index in [1.165, 1.54) is 34.5 Å². The number of carbonyl (C=O) groups is 1. The molecular formula is C22H30FN7O3. The number of hydrogen-bond donors (Lipinski definition) is 3. The van der Waals surface area contributed by atoms with E-state index in [2.05, 4.69) is 20.7 Å². The molecule has 1 amide bonds. The van der Waals surface area contributed by atoms with Crippen LogP contribution < -0.4 is 21.9 Å². The van der Waals surface area contributed by atoms with Crippen LogP contribution in [0, 0.1) is 0 Å². The Labute approximate surface area is 191 Å². The number of nitrogens with zero attached hydrogens (tertiary/aromatic N) is 4. The predicted octanol–water partition coefficient (Wildman–Crippen LogP) is 2.62. The molecule has 3 heterocycles. The average Bonchev–Trinajstić information content (AvgIpc) is 3.41. The Bertz CT molecular complexity index is 1150. The average molecular weight is 460 g/mol. The van der Waals surface area contributed by atoms with E-state index in [1.54, 1.807) is 45.6 Å². The van der Waals surface area contributed by atoms with Crippen molar-refractivity contribution in [3.63, 3.8) is 0 Å². The zero-order valence-corrected chi connectivity index (χ0v) is 19.0. The number of hydrogen-bond acceptors (Lipinski definition) is 7. The molecule has 2 saturated carbocycles. The normalized spacial score (nSPS) is 14.9. The molecule has 2 aliphatic carbocycles. The first kappa shape index (κ1) is 24.2. The lowest BCUT2D eigenvalue weighted by atomic mass is 9.96. The van der Waals surface area contributed by atoms with E-state index in [4.69, 9.17) is 10.5 Å². The minimum atomic E-state index is -0.623. The molecule has 0 aliphatic heterocycles. The number of aromatic nitrogens is 4. The maximum Gasteiger partial charge on any atom is 0.274 e. The zero-order chi connectivity index (χ0) is 24.0. The fourth-order valence-electron chi connectivity index (χ4n) is 2.88. The summed E-state index contributed by atoms with van der Waals surface area (Å²) < 4.78 is 19.0. The van der Waals surface area contributed by atoms with Crippen molar-refractivity contribution in [1.82, 2.24) is 19.2 Å². The number of nitrogens with two attached hydrogens (primary N) is 1. The highest BCUT2D eigenvalue weighted by atomic mass is 19.1. The van der Waals surface area contributed by atoms with Gasteiger partial charge in [0.25, 0.3) is 11.5 Å². The number of carbonyl (C=O) groups excluding carboxylic acids is 1. The highest BCUT2D eigenvalue weighted by Gasteiger charge is 2.18. The minimum Gasteiger partial charge on any atom is -0.381 e. The summed E-state index contributed by atoms with van der Waals surface area (Å²) >= 11 is 0. The number of pyridine rings is 1.